The number of nitriles is 1. The van der Waals surface area contributed by atoms with E-state index in [1.165, 1.54) is 0 Å². The summed E-state index contributed by atoms with van der Waals surface area (Å²) in [5.74, 6) is 1.55. The normalized spacial score (nSPS) is 17.1. The van der Waals surface area contributed by atoms with E-state index in [0.717, 1.165) is 87.5 Å². The third-order valence-corrected chi connectivity index (χ3v) is 7.89. The molecule has 2 aliphatic heterocycles. The lowest BCUT2D eigenvalue weighted by Gasteiger charge is -2.38. The lowest BCUT2D eigenvalue weighted by atomic mass is 9.78. The Kier molecular flexibility index (Phi) is 8.63. The van der Waals surface area contributed by atoms with Gasteiger partial charge in [-0.25, -0.2) is 9.97 Å². The van der Waals surface area contributed by atoms with Crippen molar-refractivity contribution in [3.63, 3.8) is 0 Å². The molecule has 0 bridgehead atoms. The quantitative estimate of drug-likeness (QED) is 0.456. The number of anilines is 1. The van der Waals surface area contributed by atoms with Crippen LogP contribution in [-0.4, -0.2) is 78.8 Å². The van der Waals surface area contributed by atoms with Crippen LogP contribution in [0.1, 0.15) is 36.2 Å². The molecule has 2 aliphatic rings. The van der Waals surface area contributed by atoms with Crippen molar-refractivity contribution in [1.29, 1.82) is 5.26 Å². The summed E-state index contributed by atoms with van der Waals surface area (Å²) < 4.78 is 6.07. The third kappa shape index (κ3) is 6.87. The van der Waals surface area contributed by atoms with Crippen molar-refractivity contribution in [2.24, 2.45) is 0 Å². The highest BCUT2D eigenvalue weighted by molar-refractivity contribution is 6.30. The average Bonchev–Trinajstić information content (AvgIpc) is 2.97. The van der Waals surface area contributed by atoms with Gasteiger partial charge in [0.2, 0.25) is 5.95 Å². The fourth-order valence-electron chi connectivity index (χ4n) is 5.15. The van der Waals surface area contributed by atoms with Gasteiger partial charge in [0, 0.05) is 69.0 Å². The van der Waals surface area contributed by atoms with Gasteiger partial charge in [-0.05, 0) is 47.5 Å². The maximum atomic E-state index is 9.33. The molecule has 39 heavy (non-hydrogen) atoms. The molecule has 9 heteroatoms. The molecule has 3 aromatic rings. The fourth-order valence-corrected chi connectivity index (χ4v) is 5.38. The van der Waals surface area contributed by atoms with Crippen LogP contribution in [0.5, 0.6) is 5.75 Å². The fraction of sp³-hybridized carbons (Fsp3) is 0.433. The van der Waals surface area contributed by atoms with Gasteiger partial charge in [-0.3, -0.25) is 9.80 Å². The second-order valence-corrected chi connectivity index (χ2v) is 11.2. The van der Waals surface area contributed by atoms with E-state index in [2.05, 4.69) is 57.0 Å². The standard InChI is InChI=1S/C30H36ClN7O/c1-30(2,25-17-23(20-32)18-26(31)19-25)24-3-5-28(6-4-24)39-21-27-7-8-34-29(35-27)38-15-13-37(14-16-38)22-36-11-9-33-10-12-36/h3-8,17-19,33H,9-16,21-22H2,1-2H3. The largest absolute Gasteiger partial charge is 0.487 e. The minimum atomic E-state index is -0.314. The number of hydrogen-bond acceptors (Lipinski definition) is 8. The molecule has 5 rings (SSSR count). The van der Waals surface area contributed by atoms with Crippen LogP contribution < -0.4 is 15.0 Å². The van der Waals surface area contributed by atoms with E-state index in [0.29, 0.717) is 17.2 Å². The van der Waals surface area contributed by atoms with E-state index in [-0.39, 0.29) is 5.41 Å². The van der Waals surface area contributed by atoms with Crippen LogP contribution in [-0.2, 0) is 12.0 Å². The minimum Gasteiger partial charge on any atom is -0.487 e. The maximum Gasteiger partial charge on any atom is 0.225 e. The van der Waals surface area contributed by atoms with Crippen molar-refractivity contribution in [2.75, 3.05) is 63.9 Å². The second-order valence-electron chi connectivity index (χ2n) is 10.7. The Balaban J connectivity index is 1.16. The average molecular weight is 546 g/mol. The molecule has 0 radical (unpaired) electrons. The predicted molar refractivity (Wildman–Crippen MR) is 154 cm³/mol. The Morgan fingerprint density at radius 2 is 1.67 bits per heavy atom. The highest BCUT2D eigenvalue weighted by Crippen LogP contribution is 2.34. The summed E-state index contributed by atoms with van der Waals surface area (Å²) in [6.07, 6.45) is 1.82. The highest BCUT2D eigenvalue weighted by atomic mass is 35.5. The summed E-state index contributed by atoms with van der Waals surface area (Å²) in [5.41, 5.74) is 3.22. The number of halogens is 1. The first kappa shape index (κ1) is 27.4. The Morgan fingerprint density at radius 1 is 0.949 bits per heavy atom. The van der Waals surface area contributed by atoms with Crippen LogP contribution in [0.3, 0.4) is 0 Å². The topological polar surface area (TPSA) is 80.6 Å². The van der Waals surface area contributed by atoms with Gasteiger partial charge < -0.3 is 15.0 Å². The minimum absolute atomic E-state index is 0.314. The number of benzene rings is 2. The first-order chi connectivity index (χ1) is 18.9. The van der Waals surface area contributed by atoms with Gasteiger partial charge in [0.1, 0.15) is 12.4 Å². The number of aromatic nitrogens is 2. The maximum absolute atomic E-state index is 9.33. The highest BCUT2D eigenvalue weighted by Gasteiger charge is 2.25. The summed E-state index contributed by atoms with van der Waals surface area (Å²) in [5, 5.41) is 13.3. The molecule has 1 N–H and O–H groups in total. The molecule has 0 unspecified atom stereocenters. The molecule has 2 aromatic carbocycles. The van der Waals surface area contributed by atoms with Crippen molar-refractivity contribution in [3.8, 4) is 11.8 Å². The Labute approximate surface area is 236 Å². The van der Waals surface area contributed by atoms with Gasteiger partial charge in [0.05, 0.1) is 24.0 Å². The van der Waals surface area contributed by atoms with Crippen molar-refractivity contribution in [1.82, 2.24) is 25.1 Å². The van der Waals surface area contributed by atoms with E-state index in [4.69, 9.17) is 21.3 Å². The SMILES string of the molecule is CC(C)(c1ccc(OCc2ccnc(N3CCN(CN4CCNCC4)CC3)n2)cc1)c1cc(Cl)cc(C#N)c1. The summed E-state index contributed by atoms with van der Waals surface area (Å²) in [6.45, 7) is 14.0. The first-order valence-corrected chi connectivity index (χ1v) is 14.0. The Hall–Kier alpha value is -3.22. The predicted octanol–water partition coefficient (Wildman–Crippen LogP) is 3.89. The molecule has 204 valence electrons. The van der Waals surface area contributed by atoms with Crippen LogP contribution in [0.2, 0.25) is 5.02 Å². The van der Waals surface area contributed by atoms with Crippen LogP contribution in [0.25, 0.3) is 0 Å². The zero-order valence-corrected chi connectivity index (χ0v) is 23.5. The van der Waals surface area contributed by atoms with Gasteiger partial charge in [-0.1, -0.05) is 37.6 Å². The molecule has 1 aromatic heterocycles. The molecule has 0 aliphatic carbocycles. The summed E-state index contributed by atoms with van der Waals surface area (Å²) in [4.78, 5) is 16.6. The number of hydrogen-bond donors (Lipinski definition) is 1. The third-order valence-electron chi connectivity index (χ3n) is 7.68. The summed E-state index contributed by atoms with van der Waals surface area (Å²) in [7, 11) is 0. The van der Waals surface area contributed by atoms with E-state index in [1.807, 2.05) is 36.5 Å². The van der Waals surface area contributed by atoms with Crippen LogP contribution in [0.4, 0.5) is 5.95 Å². The molecule has 3 heterocycles. The van der Waals surface area contributed by atoms with Gasteiger partial charge in [-0.15, -0.1) is 0 Å². The lowest BCUT2D eigenvalue weighted by Crippen LogP contribution is -2.53. The van der Waals surface area contributed by atoms with Crippen molar-refractivity contribution >= 4 is 17.5 Å². The van der Waals surface area contributed by atoms with Crippen LogP contribution >= 0.6 is 11.6 Å². The monoisotopic (exact) mass is 545 g/mol. The van der Waals surface area contributed by atoms with Crippen molar-refractivity contribution in [2.45, 2.75) is 25.9 Å². The Morgan fingerprint density at radius 3 is 2.38 bits per heavy atom. The molecule has 2 fully saturated rings. The zero-order valence-electron chi connectivity index (χ0n) is 22.7. The zero-order chi connectivity index (χ0) is 27.2. The molecule has 0 spiro atoms. The van der Waals surface area contributed by atoms with Gasteiger partial charge in [-0.2, -0.15) is 5.26 Å². The van der Waals surface area contributed by atoms with Crippen molar-refractivity contribution < 1.29 is 4.74 Å². The Bertz CT molecular complexity index is 1290. The van der Waals surface area contributed by atoms with Gasteiger partial charge >= 0.3 is 0 Å². The van der Waals surface area contributed by atoms with E-state index in [1.54, 1.807) is 6.07 Å². The number of nitrogens with one attached hydrogen (secondary N) is 1. The van der Waals surface area contributed by atoms with Gasteiger partial charge in [0.15, 0.2) is 0 Å². The molecular formula is C30H36ClN7O. The van der Waals surface area contributed by atoms with E-state index < -0.39 is 0 Å². The first-order valence-electron chi connectivity index (χ1n) is 13.6. The van der Waals surface area contributed by atoms with E-state index in [9.17, 15) is 5.26 Å². The molecule has 8 nitrogen and oxygen atoms in total. The number of rotatable bonds is 8. The number of nitrogens with zero attached hydrogens (tertiary/aromatic N) is 6. The van der Waals surface area contributed by atoms with Crippen LogP contribution in [0, 0.1) is 11.3 Å². The van der Waals surface area contributed by atoms with Crippen molar-refractivity contribution in [3.05, 3.63) is 82.1 Å². The number of piperazine rings is 2. The lowest BCUT2D eigenvalue weighted by molar-refractivity contribution is 0.114. The second kappa shape index (κ2) is 12.3. The molecule has 2 saturated heterocycles. The molecule has 0 atom stereocenters. The van der Waals surface area contributed by atoms with Gasteiger partial charge in [0.25, 0.3) is 0 Å². The molecular weight excluding hydrogens is 510 g/mol. The smallest absolute Gasteiger partial charge is 0.225 e. The van der Waals surface area contributed by atoms with Crippen LogP contribution in [0.15, 0.2) is 54.7 Å². The number of ether oxygens (including phenoxy) is 1. The summed E-state index contributed by atoms with van der Waals surface area (Å²) >= 11 is 6.26. The summed E-state index contributed by atoms with van der Waals surface area (Å²) in [6, 6.07) is 17.7. The molecule has 0 amide bonds. The molecule has 0 saturated carbocycles. The van der Waals surface area contributed by atoms with E-state index >= 15 is 0 Å².